The topological polar surface area (TPSA) is 74.0 Å². The van der Waals surface area contributed by atoms with Gasteiger partial charge in [-0.1, -0.05) is 18.2 Å². The number of aryl methyl sites for hydroxylation is 1. The van der Waals surface area contributed by atoms with Crippen molar-refractivity contribution in [2.45, 2.75) is 37.2 Å². The van der Waals surface area contributed by atoms with Gasteiger partial charge in [0.1, 0.15) is 4.90 Å². The van der Waals surface area contributed by atoms with Crippen LogP contribution in [0, 0.1) is 6.92 Å². The minimum absolute atomic E-state index is 0.262. The standard InChI is InChI=1S/C15H19N3O2S/c1-11-4-2-3-5-15(11)18-21(19,20)14-8-13(17-10-14)9-16-12-6-7-12/h2-5,8,10,12,16-18H,6-7,9H2,1H3. The van der Waals surface area contributed by atoms with Gasteiger partial charge in [-0.25, -0.2) is 8.42 Å². The lowest BCUT2D eigenvalue weighted by Gasteiger charge is -2.08. The quantitative estimate of drug-likeness (QED) is 0.767. The van der Waals surface area contributed by atoms with E-state index in [0.717, 1.165) is 11.3 Å². The molecule has 3 N–H and O–H groups in total. The molecular weight excluding hydrogens is 286 g/mol. The summed E-state index contributed by atoms with van der Waals surface area (Å²) in [4.78, 5) is 3.28. The predicted octanol–water partition coefficient (Wildman–Crippen LogP) is 2.38. The van der Waals surface area contributed by atoms with Gasteiger partial charge in [-0.3, -0.25) is 4.72 Å². The zero-order valence-electron chi connectivity index (χ0n) is 11.9. The minimum Gasteiger partial charge on any atom is -0.363 e. The molecule has 1 saturated carbocycles. The number of benzene rings is 1. The van der Waals surface area contributed by atoms with Gasteiger partial charge in [-0.15, -0.1) is 0 Å². The van der Waals surface area contributed by atoms with Crippen LogP contribution < -0.4 is 10.0 Å². The van der Waals surface area contributed by atoms with Crippen molar-refractivity contribution in [2.24, 2.45) is 0 Å². The molecule has 1 aromatic heterocycles. The highest BCUT2D eigenvalue weighted by atomic mass is 32.2. The van der Waals surface area contributed by atoms with Gasteiger partial charge in [0.15, 0.2) is 0 Å². The average molecular weight is 305 g/mol. The Bertz CT molecular complexity index is 733. The first-order chi connectivity index (χ1) is 10.0. The van der Waals surface area contributed by atoms with Crippen LogP contribution in [-0.2, 0) is 16.6 Å². The van der Waals surface area contributed by atoms with E-state index in [1.165, 1.54) is 19.0 Å². The molecule has 2 aromatic rings. The number of hydrogen-bond acceptors (Lipinski definition) is 3. The van der Waals surface area contributed by atoms with Crippen molar-refractivity contribution in [2.75, 3.05) is 4.72 Å². The number of H-pyrrole nitrogens is 1. The summed E-state index contributed by atoms with van der Waals surface area (Å²) in [5.74, 6) is 0. The largest absolute Gasteiger partial charge is 0.363 e. The maximum absolute atomic E-state index is 12.4. The first-order valence-corrected chi connectivity index (χ1v) is 8.52. The molecule has 0 spiro atoms. The number of hydrogen-bond donors (Lipinski definition) is 3. The third kappa shape index (κ3) is 3.46. The maximum atomic E-state index is 12.4. The van der Waals surface area contributed by atoms with E-state index in [0.29, 0.717) is 18.3 Å². The smallest absolute Gasteiger partial charge is 0.263 e. The van der Waals surface area contributed by atoms with Gasteiger partial charge >= 0.3 is 0 Å². The average Bonchev–Trinajstić information content (AvgIpc) is 3.15. The van der Waals surface area contributed by atoms with Crippen LogP contribution in [0.1, 0.15) is 24.1 Å². The van der Waals surface area contributed by atoms with Crippen LogP contribution in [0.5, 0.6) is 0 Å². The molecule has 0 amide bonds. The van der Waals surface area contributed by atoms with Gasteiger partial charge in [0.05, 0.1) is 5.69 Å². The fraction of sp³-hybridized carbons (Fsp3) is 0.333. The van der Waals surface area contributed by atoms with Gasteiger partial charge in [0.2, 0.25) is 0 Å². The Hall–Kier alpha value is -1.79. The van der Waals surface area contributed by atoms with Crippen LogP contribution in [0.3, 0.4) is 0 Å². The van der Waals surface area contributed by atoms with E-state index in [1.807, 2.05) is 25.1 Å². The number of anilines is 1. The van der Waals surface area contributed by atoms with Gasteiger partial charge in [0, 0.05) is 24.5 Å². The molecule has 21 heavy (non-hydrogen) atoms. The monoisotopic (exact) mass is 305 g/mol. The number of aromatic amines is 1. The van der Waals surface area contributed by atoms with Crippen molar-refractivity contribution in [3.63, 3.8) is 0 Å². The molecule has 1 aliphatic rings. The Kier molecular flexibility index (Phi) is 3.73. The number of nitrogens with one attached hydrogen (secondary N) is 3. The van der Waals surface area contributed by atoms with Crippen molar-refractivity contribution in [3.8, 4) is 0 Å². The van der Waals surface area contributed by atoms with E-state index in [4.69, 9.17) is 0 Å². The van der Waals surface area contributed by atoms with Crippen molar-refractivity contribution >= 4 is 15.7 Å². The van der Waals surface area contributed by atoms with E-state index >= 15 is 0 Å². The second-order valence-corrected chi connectivity index (χ2v) is 7.12. The van der Waals surface area contributed by atoms with Gasteiger partial charge in [-0.2, -0.15) is 0 Å². The number of rotatable bonds is 6. The fourth-order valence-electron chi connectivity index (χ4n) is 2.11. The van der Waals surface area contributed by atoms with E-state index in [9.17, 15) is 8.42 Å². The molecule has 6 heteroatoms. The molecule has 1 heterocycles. The second-order valence-electron chi connectivity index (χ2n) is 5.44. The third-order valence-corrected chi connectivity index (χ3v) is 4.92. The molecule has 112 valence electrons. The lowest BCUT2D eigenvalue weighted by Crippen LogP contribution is -2.15. The van der Waals surface area contributed by atoms with E-state index in [-0.39, 0.29) is 4.90 Å². The van der Waals surface area contributed by atoms with Crippen LogP contribution in [0.15, 0.2) is 41.4 Å². The number of para-hydroxylation sites is 1. The highest BCUT2D eigenvalue weighted by Crippen LogP contribution is 2.21. The summed E-state index contributed by atoms with van der Waals surface area (Å²) in [6, 6.07) is 9.60. The molecule has 0 aliphatic heterocycles. The van der Waals surface area contributed by atoms with Crippen LogP contribution >= 0.6 is 0 Å². The second kappa shape index (κ2) is 5.54. The van der Waals surface area contributed by atoms with Crippen LogP contribution in [0.4, 0.5) is 5.69 Å². The molecular formula is C15H19N3O2S. The first kappa shape index (κ1) is 14.2. The molecule has 1 fully saturated rings. The number of sulfonamides is 1. The molecule has 1 aromatic carbocycles. The lowest BCUT2D eigenvalue weighted by molar-refractivity contribution is 0.601. The Morgan fingerprint density at radius 2 is 2.05 bits per heavy atom. The number of aromatic nitrogens is 1. The minimum atomic E-state index is -3.55. The summed E-state index contributed by atoms with van der Waals surface area (Å²) >= 11 is 0. The van der Waals surface area contributed by atoms with Crippen LogP contribution in [0.2, 0.25) is 0 Å². The van der Waals surface area contributed by atoms with Crippen LogP contribution in [0.25, 0.3) is 0 Å². The lowest BCUT2D eigenvalue weighted by atomic mass is 10.2. The Balaban J connectivity index is 1.73. The van der Waals surface area contributed by atoms with Crippen molar-refractivity contribution in [1.29, 1.82) is 0 Å². The molecule has 0 radical (unpaired) electrons. The zero-order valence-corrected chi connectivity index (χ0v) is 12.7. The highest BCUT2D eigenvalue weighted by Gasteiger charge is 2.21. The zero-order chi connectivity index (χ0) is 14.9. The third-order valence-electron chi connectivity index (χ3n) is 3.57. The Morgan fingerprint density at radius 1 is 1.29 bits per heavy atom. The molecule has 0 atom stereocenters. The van der Waals surface area contributed by atoms with Crippen molar-refractivity contribution in [1.82, 2.24) is 10.3 Å². The molecule has 5 nitrogen and oxygen atoms in total. The van der Waals surface area contributed by atoms with E-state index in [1.54, 1.807) is 12.1 Å². The maximum Gasteiger partial charge on any atom is 0.263 e. The SMILES string of the molecule is Cc1ccccc1NS(=O)(=O)c1c[nH]c(CNC2CC2)c1. The summed E-state index contributed by atoms with van der Waals surface area (Å²) in [5.41, 5.74) is 2.38. The summed E-state index contributed by atoms with van der Waals surface area (Å²) in [7, 11) is -3.55. The molecule has 0 bridgehead atoms. The van der Waals surface area contributed by atoms with Crippen LogP contribution in [-0.4, -0.2) is 19.4 Å². The first-order valence-electron chi connectivity index (χ1n) is 7.04. The summed E-state index contributed by atoms with van der Waals surface area (Å²) < 4.78 is 27.4. The summed E-state index contributed by atoms with van der Waals surface area (Å²) in [6.07, 6.45) is 3.95. The molecule has 3 rings (SSSR count). The summed E-state index contributed by atoms with van der Waals surface area (Å²) in [5, 5.41) is 3.35. The molecule has 0 saturated heterocycles. The molecule has 1 aliphatic carbocycles. The normalized spacial score (nSPS) is 15.1. The fourth-order valence-corrected chi connectivity index (χ4v) is 3.26. The van der Waals surface area contributed by atoms with Gasteiger partial charge in [-0.05, 0) is 37.5 Å². The van der Waals surface area contributed by atoms with Crippen molar-refractivity contribution < 1.29 is 8.42 Å². The van der Waals surface area contributed by atoms with E-state index < -0.39 is 10.0 Å². The summed E-state index contributed by atoms with van der Waals surface area (Å²) in [6.45, 7) is 2.55. The van der Waals surface area contributed by atoms with Gasteiger partial charge in [0.25, 0.3) is 10.0 Å². The predicted molar refractivity (Wildman–Crippen MR) is 82.6 cm³/mol. The Labute approximate surface area is 124 Å². The van der Waals surface area contributed by atoms with E-state index in [2.05, 4.69) is 15.0 Å². The molecule has 0 unspecified atom stereocenters. The Morgan fingerprint density at radius 3 is 2.76 bits per heavy atom. The van der Waals surface area contributed by atoms with Crippen molar-refractivity contribution in [3.05, 3.63) is 47.8 Å². The highest BCUT2D eigenvalue weighted by molar-refractivity contribution is 7.92. The van der Waals surface area contributed by atoms with Gasteiger partial charge < -0.3 is 10.3 Å².